The first-order valence-electron chi connectivity index (χ1n) is 4.95. The summed E-state index contributed by atoms with van der Waals surface area (Å²) < 4.78 is 0. The molecule has 0 radical (unpaired) electrons. The van der Waals surface area contributed by atoms with Crippen molar-refractivity contribution >= 4 is 11.8 Å². The average molecular weight is 191 g/mol. The smallest absolute Gasteiger partial charge is 0.227 e. The lowest BCUT2D eigenvalue weighted by atomic mass is 10.2. The Labute approximate surface area is 82.3 Å². The lowest BCUT2D eigenvalue weighted by Gasteiger charge is -2.31. The molecule has 1 aromatic rings. The molecule has 5 nitrogen and oxygen atoms in total. The molecule has 0 aromatic carbocycles. The molecule has 0 unspecified atom stereocenters. The van der Waals surface area contributed by atoms with E-state index in [1.807, 2.05) is 0 Å². The van der Waals surface area contributed by atoms with Gasteiger partial charge in [0.1, 0.15) is 5.82 Å². The minimum absolute atomic E-state index is 0.641. The maximum absolute atomic E-state index is 5.87. The molecular weight excluding hydrogens is 178 g/mol. The molecule has 1 saturated heterocycles. The van der Waals surface area contributed by atoms with Crippen molar-refractivity contribution in [2.75, 3.05) is 23.7 Å². The van der Waals surface area contributed by atoms with E-state index in [1.54, 1.807) is 0 Å². The number of hydrogen-bond donors (Lipinski definition) is 2. The van der Waals surface area contributed by atoms with Crippen LogP contribution in [0.15, 0.2) is 0 Å². The fraction of sp³-hybridized carbons (Fsp3) is 0.556. The Morgan fingerprint density at radius 2 is 2.07 bits per heavy atom. The third-order valence-electron chi connectivity index (χ3n) is 2.85. The number of nitrogens with zero attached hydrogens (tertiary/aromatic N) is 3. The Bertz CT molecular complexity index is 372. The van der Waals surface area contributed by atoms with Crippen molar-refractivity contribution in [3.8, 4) is 0 Å². The average Bonchev–Trinajstić information content (AvgIpc) is 2.48. The summed E-state index contributed by atoms with van der Waals surface area (Å²) >= 11 is 0. The van der Waals surface area contributed by atoms with Gasteiger partial charge in [-0.1, -0.05) is 0 Å². The predicted octanol–water partition coefficient (Wildman–Crippen LogP) is -0.128. The second kappa shape index (κ2) is 2.81. The molecule has 3 rings (SSSR count). The predicted molar refractivity (Wildman–Crippen MR) is 53.8 cm³/mol. The van der Waals surface area contributed by atoms with Crippen molar-refractivity contribution in [3.63, 3.8) is 0 Å². The van der Waals surface area contributed by atoms with Crippen LogP contribution < -0.4 is 16.0 Å². The highest BCUT2D eigenvalue weighted by Gasteiger charge is 2.22. The van der Waals surface area contributed by atoms with Crippen LogP contribution in [0, 0.1) is 0 Å². The fourth-order valence-electron chi connectivity index (χ4n) is 1.84. The summed E-state index contributed by atoms with van der Waals surface area (Å²) in [7, 11) is 0. The second-order valence-electron chi connectivity index (χ2n) is 3.78. The lowest BCUT2D eigenvalue weighted by Crippen LogP contribution is -2.38. The SMILES string of the molecule is Nc1nc(N2CCC2)nc2c1CNC2. The van der Waals surface area contributed by atoms with Gasteiger partial charge in [-0.3, -0.25) is 0 Å². The Hall–Kier alpha value is -1.36. The van der Waals surface area contributed by atoms with Crippen LogP contribution in [-0.4, -0.2) is 23.1 Å². The zero-order chi connectivity index (χ0) is 9.54. The summed E-state index contributed by atoms with van der Waals surface area (Å²) in [6.45, 7) is 3.75. The van der Waals surface area contributed by atoms with E-state index >= 15 is 0 Å². The zero-order valence-corrected chi connectivity index (χ0v) is 7.95. The summed E-state index contributed by atoms with van der Waals surface area (Å²) in [6.07, 6.45) is 1.23. The van der Waals surface area contributed by atoms with Crippen LogP contribution in [-0.2, 0) is 13.1 Å². The maximum Gasteiger partial charge on any atom is 0.227 e. The van der Waals surface area contributed by atoms with Gasteiger partial charge in [0.15, 0.2) is 0 Å². The van der Waals surface area contributed by atoms with E-state index in [0.717, 1.165) is 43.4 Å². The van der Waals surface area contributed by atoms with Gasteiger partial charge in [-0.05, 0) is 6.42 Å². The third kappa shape index (κ3) is 1.05. The van der Waals surface area contributed by atoms with Crippen molar-refractivity contribution < 1.29 is 0 Å². The second-order valence-corrected chi connectivity index (χ2v) is 3.78. The maximum atomic E-state index is 5.87. The highest BCUT2D eigenvalue weighted by Crippen LogP contribution is 2.23. The molecule has 2 aliphatic heterocycles. The molecule has 5 heteroatoms. The molecule has 3 heterocycles. The van der Waals surface area contributed by atoms with E-state index in [2.05, 4.69) is 20.2 Å². The molecule has 14 heavy (non-hydrogen) atoms. The number of nitrogen functional groups attached to an aromatic ring is 1. The molecule has 1 fully saturated rings. The summed E-state index contributed by atoms with van der Waals surface area (Å²) in [4.78, 5) is 11.0. The number of nitrogens with two attached hydrogens (primary N) is 1. The topological polar surface area (TPSA) is 67.1 Å². The van der Waals surface area contributed by atoms with Crippen LogP contribution >= 0.6 is 0 Å². The van der Waals surface area contributed by atoms with E-state index in [4.69, 9.17) is 5.73 Å². The van der Waals surface area contributed by atoms with Crippen molar-refractivity contribution in [2.45, 2.75) is 19.5 Å². The van der Waals surface area contributed by atoms with Gasteiger partial charge >= 0.3 is 0 Å². The van der Waals surface area contributed by atoms with Gasteiger partial charge < -0.3 is 16.0 Å². The van der Waals surface area contributed by atoms with E-state index in [-0.39, 0.29) is 0 Å². The minimum Gasteiger partial charge on any atom is -0.383 e. The fourth-order valence-corrected chi connectivity index (χ4v) is 1.84. The van der Waals surface area contributed by atoms with Gasteiger partial charge in [-0.15, -0.1) is 0 Å². The molecule has 1 aromatic heterocycles. The van der Waals surface area contributed by atoms with Gasteiger partial charge in [-0.25, -0.2) is 4.98 Å². The van der Waals surface area contributed by atoms with E-state index < -0.39 is 0 Å². The van der Waals surface area contributed by atoms with Crippen LogP contribution in [0.1, 0.15) is 17.7 Å². The Balaban J connectivity index is 2.02. The summed E-state index contributed by atoms with van der Waals surface area (Å²) in [6, 6.07) is 0. The third-order valence-corrected chi connectivity index (χ3v) is 2.85. The Morgan fingerprint density at radius 3 is 2.79 bits per heavy atom. The standard InChI is InChI=1S/C9H13N5/c10-8-6-4-11-5-7(6)12-9(13-8)14-2-1-3-14/h11H,1-5H2,(H2,10,12,13). The number of hydrogen-bond acceptors (Lipinski definition) is 5. The molecule has 0 saturated carbocycles. The monoisotopic (exact) mass is 191 g/mol. The number of anilines is 2. The molecule has 0 bridgehead atoms. The van der Waals surface area contributed by atoms with E-state index in [0.29, 0.717) is 5.82 Å². The molecule has 2 aliphatic rings. The van der Waals surface area contributed by atoms with Crippen molar-refractivity contribution in [1.82, 2.24) is 15.3 Å². The lowest BCUT2D eigenvalue weighted by molar-refractivity contribution is 0.599. The van der Waals surface area contributed by atoms with Crippen molar-refractivity contribution in [2.24, 2.45) is 0 Å². The van der Waals surface area contributed by atoms with Gasteiger partial charge in [0.2, 0.25) is 5.95 Å². The Morgan fingerprint density at radius 1 is 1.21 bits per heavy atom. The number of aromatic nitrogens is 2. The molecule has 0 amide bonds. The van der Waals surface area contributed by atoms with Crippen LogP contribution in [0.4, 0.5) is 11.8 Å². The molecular formula is C9H13N5. The van der Waals surface area contributed by atoms with E-state index in [1.165, 1.54) is 6.42 Å². The van der Waals surface area contributed by atoms with Gasteiger partial charge in [0.25, 0.3) is 0 Å². The minimum atomic E-state index is 0.641. The first-order chi connectivity index (χ1) is 6.84. The summed E-state index contributed by atoms with van der Waals surface area (Å²) in [5.74, 6) is 1.44. The largest absolute Gasteiger partial charge is 0.383 e. The van der Waals surface area contributed by atoms with Crippen LogP contribution in [0.2, 0.25) is 0 Å². The normalized spacial score (nSPS) is 19.3. The molecule has 0 atom stereocenters. The van der Waals surface area contributed by atoms with Gasteiger partial charge in [0, 0.05) is 31.7 Å². The highest BCUT2D eigenvalue weighted by atomic mass is 15.3. The first kappa shape index (κ1) is 7.99. The summed E-state index contributed by atoms with van der Waals surface area (Å²) in [5, 5.41) is 3.23. The van der Waals surface area contributed by atoms with Gasteiger partial charge in [0.05, 0.1) is 5.69 Å². The first-order valence-corrected chi connectivity index (χ1v) is 4.95. The quantitative estimate of drug-likeness (QED) is 0.647. The summed E-state index contributed by atoms with van der Waals surface area (Å²) in [5.41, 5.74) is 8.02. The number of rotatable bonds is 1. The van der Waals surface area contributed by atoms with Crippen LogP contribution in [0.5, 0.6) is 0 Å². The number of fused-ring (bicyclic) bond motifs is 1. The van der Waals surface area contributed by atoms with Crippen molar-refractivity contribution in [3.05, 3.63) is 11.3 Å². The van der Waals surface area contributed by atoms with Crippen molar-refractivity contribution in [1.29, 1.82) is 0 Å². The van der Waals surface area contributed by atoms with Gasteiger partial charge in [-0.2, -0.15) is 4.98 Å². The molecule has 3 N–H and O–H groups in total. The molecule has 0 aliphatic carbocycles. The Kier molecular flexibility index (Phi) is 1.61. The van der Waals surface area contributed by atoms with E-state index in [9.17, 15) is 0 Å². The van der Waals surface area contributed by atoms with Crippen LogP contribution in [0.25, 0.3) is 0 Å². The molecule has 74 valence electrons. The molecule has 0 spiro atoms. The van der Waals surface area contributed by atoms with Crippen LogP contribution in [0.3, 0.4) is 0 Å². The number of nitrogens with one attached hydrogen (secondary N) is 1. The zero-order valence-electron chi connectivity index (χ0n) is 7.95. The highest BCUT2D eigenvalue weighted by molar-refractivity contribution is 5.50.